The molecule has 2 aromatic rings. The fraction of sp³-hybridized carbons (Fsp3) is 0.267. The first-order valence-electron chi connectivity index (χ1n) is 7.27. The number of hydrogen-bond donors (Lipinski definition) is 1. The van der Waals surface area contributed by atoms with E-state index in [1.165, 1.54) is 0 Å². The maximum absolute atomic E-state index is 12.6. The molecule has 8 heteroatoms. The van der Waals surface area contributed by atoms with E-state index in [-0.39, 0.29) is 5.78 Å². The van der Waals surface area contributed by atoms with E-state index >= 15 is 0 Å². The number of nitrogens with zero attached hydrogens (tertiary/aromatic N) is 4. The number of fused-ring (bicyclic) bond motifs is 1. The summed E-state index contributed by atoms with van der Waals surface area (Å²) in [4.78, 5) is 17.0. The lowest BCUT2D eigenvalue weighted by molar-refractivity contribution is 0.00805. The summed E-state index contributed by atoms with van der Waals surface area (Å²) in [6, 6.07) is 9.31. The minimum absolute atomic E-state index is 0.0333. The summed E-state index contributed by atoms with van der Waals surface area (Å²) in [5.41, 5.74) is 2.62. The highest BCUT2D eigenvalue weighted by molar-refractivity contribution is 9.10. The molecule has 2 aliphatic rings. The van der Waals surface area contributed by atoms with Crippen LogP contribution in [0.4, 0.5) is 0 Å². The average Bonchev–Trinajstić information content (AvgIpc) is 3.18. The van der Waals surface area contributed by atoms with Crippen LogP contribution in [-0.2, 0) is 4.74 Å². The van der Waals surface area contributed by atoms with Crippen molar-refractivity contribution in [2.24, 2.45) is 5.10 Å². The lowest BCUT2D eigenvalue weighted by atomic mass is 10.1. The van der Waals surface area contributed by atoms with Gasteiger partial charge in [-0.05, 0) is 15.9 Å². The van der Waals surface area contributed by atoms with Crippen LogP contribution in [0.2, 0.25) is 0 Å². The Morgan fingerprint density at radius 1 is 1.35 bits per heavy atom. The number of morpholine rings is 1. The zero-order valence-electron chi connectivity index (χ0n) is 12.2. The Balaban J connectivity index is 1.52. The molecule has 1 saturated heterocycles. The quantitative estimate of drug-likeness (QED) is 0.640. The Morgan fingerprint density at radius 3 is 3.00 bits per heavy atom. The third-order valence-corrected chi connectivity index (χ3v) is 6.41. The van der Waals surface area contributed by atoms with E-state index in [1.54, 1.807) is 10.9 Å². The highest BCUT2D eigenvalue weighted by Gasteiger charge is 2.33. The van der Waals surface area contributed by atoms with Gasteiger partial charge in [0.25, 0.3) is 0 Å². The van der Waals surface area contributed by atoms with Gasteiger partial charge in [0.05, 0.1) is 18.4 Å². The number of carbonyl (C=O) groups is 1. The van der Waals surface area contributed by atoms with Gasteiger partial charge in [0.15, 0.2) is 10.9 Å². The molecule has 2 aliphatic heterocycles. The van der Waals surface area contributed by atoms with Gasteiger partial charge >= 0.3 is 0 Å². The Morgan fingerprint density at radius 2 is 2.17 bits per heavy atom. The van der Waals surface area contributed by atoms with Crippen LogP contribution in [0, 0.1) is 0 Å². The van der Waals surface area contributed by atoms with Crippen molar-refractivity contribution in [3.63, 3.8) is 0 Å². The molecule has 3 heterocycles. The number of aromatic nitrogens is 2. The third-order valence-electron chi connectivity index (χ3n) is 3.86. The number of ketones is 1. The fourth-order valence-electron chi connectivity index (χ4n) is 2.71. The molecule has 0 saturated carbocycles. The molecule has 0 bridgehead atoms. The van der Waals surface area contributed by atoms with Crippen LogP contribution >= 0.6 is 27.0 Å². The van der Waals surface area contributed by atoms with Crippen molar-refractivity contribution in [1.29, 1.82) is 0 Å². The summed E-state index contributed by atoms with van der Waals surface area (Å²) in [6.07, 6.45) is 1.32. The van der Waals surface area contributed by atoms with Gasteiger partial charge in [0.2, 0.25) is 0 Å². The summed E-state index contributed by atoms with van der Waals surface area (Å²) in [5.74, 6) is 0.0333. The minimum Gasteiger partial charge on any atom is -0.367 e. The molecule has 2 unspecified atom stereocenters. The topological polar surface area (TPSA) is 59.7 Å². The van der Waals surface area contributed by atoms with Crippen molar-refractivity contribution in [3.05, 3.63) is 46.7 Å². The first-order chi connectivity index (χ1) is 11.2. The van der Waals surface area contributed by atoms with Crippen LogP contribution in [0.15, 0.2) is 51.4 Å². The lowest BCUT2D eigenvalue weighted by Gasteiger charge is -2.35. The Kier molecular flexibility index (Phi) is 4.06. The van der Waals surface area contributed by atoms with Crippen molar-refractivity contribution >= 4 is 38.3 Å². The van der Waals surface area contributed by atoms with Crippen LogP contribution in [0.3, 0.4) is 0 Å². The van der Waals surface area contributed by atoms with E-state index in [9.17, 15) is 4.79 Å². The van der Waals surface area contributed by atoms with Crippen LogP contribution in [0.25, 0.3) is 0 Å². The van der Waals surface area contributed by atoms with E-state index in [2.05, 4.69) is 30.3 Å². The second kappa shape index (κ2) is 6.20. The number of imidazole rings is 1. The Hall–Kier alpha value is -1.48. The Bertz CT molecular complexity index is 764. The molecule has 0 amide bonds. The van der Waals surface area contributed by atoms with Crippen LogP contribution in [-0.4, -0.2) is 51.1 Å². The van der Waals surface area contributed by atoms with Crippen molar-refractivity contribution in [2.75, 3.05) is 19.7 Å². The van der Waals surface area contributed by atoms with Crippen LogP contribution in [0.5, 0.6) is 0 Å². The van der Waals surface area contributed by atoms with Crippen molar-refractivity contribution in [3.8, 4) is 0 Å². The molecule has 1 aromatic heterocycles. The normalized spacial score (nSPS) is 25.4. The summed E-state index contributed by atoms with van der Waals surface area (Å²) in [6.45, 7) is 1.88. The van der Waals surface area contributed by atoms with E-state index in [1.807, 2.05) is 35.9 Å². The van der Waals surface area contributed by atoms with E-state index in [0.717, 1.165) is 16.3 Å². The SMILES string of the molecule is O=C(c1ccccc1)C1CN([SH]2C=Nn3c(Br)cnc32)CCO1. The van der Waals surface area contributed by atoms with Gasteiger partial charge in [-0.15, -0.1) is 0 Å². The number of benzene rings is 1. The standard InChI is InChI=1S/C15H15BrN4O2S/c16-13-8-17-15-20(13)18-10-23(15)19-6-7-22-12(9-19)14(21)11-4-2-1-3-5-11/h1-5,8,10,12,23H,6-7,9H2. The van der Waals surface area contributed by atoms with Crippen LogP contribution in [0.1, 0.15) is 10.4 Å². The van der Waals surface area contributed by atoms with Gasteiger partial charge in [-0.2, -0.15) is 5.10 Å². The molecule has 0 radical (unpaired) electrons. The molecule has 120 valence electrons. The molecular weight excluding hydrogens is 380 g/mol. The largest absolute Gasteiger partial charge is 0.367 e. The van der Waals surface area contributed by atoms with Gasteiger partial charge in [-0.25, -0.2) is 9.66 Å². The number of hydrogen-bond acceptors (Lipinski definition) is 5. The highest BCUT2D eigenvalue weighted by atomic mass is 79.9. The molecule has 6 nitrogen and oxygen atoms in total. The first kappa shape index (κ1) is 15.1. The third kappa shape index (κ3) is 2.76. The molecule has 1 aromatic carbocycles. The maximum atomic E-state index is 12.6. The van der Waals surface area contributed by atoms with Gasteiger partial charge in [0, 0.05) is 18.7 Å². The lowest BCUT2D eigenvalue weighted by Crippen LogP contribution is -2.44. The average molecular weight is 395 g/mol. The summed E-state index contributed by atoms with van der Waals surface area (Å²) >= 11 is 2.69. The predicted octanol–water partition coefficient (Wildman–Crippen LogP) is 2.31. The molecule has 2 atom stereocenters. The smallest absolute Gasteiger partial charge is 0.192 e. The minimum atomic E-state index is -0.747. The fourth-order valence-corrected chi connectivity index (χ4v) is 5.06. The molecule has 23 heavy (non-hydrogen) atoms. The molecular formula is C15H15BrN4O2S. The molecule has 1 fully saturated rings. The van der Waals surface area contributed by atoms with Crippen LogP contribution < -0.4 is 0 Å². The number of halogens is 1. The van der Waals surface area contributed by atoms with Crippen molar-refractivity contribution in [2.45, 2.75) is 11.3 Å². The number of rotatable bonds is 3. The predicted molar refractivity (Wildman–Crippen MR) is 93.2 cm³/mol. The van der Waals surface area contributed by atoms with Gasteiger partial charge in [-0.3, -0.25) is 9.10 Å². The molecule has 0 aliphatic carbocycles. The first-order valence-corrected chi connectivity index (χ1v) is 9.42. The second-order valence-electron chi connectivity index (χ2n) is 5.27. The molecule has 0 spiro atoms. The number of carbonyl (C=O) groups excluding carboxylic acids is 1. The van der Waals surface area contributed by atoms with Crippen molar-refractivity contribution < 1.29 is 9.53 Å². The summed E-state index contributed by atoms with van der Waals surface area (Å²) in [5, 5.41) is 5.32. The summed E-state index contributed by atoms with van der Waals surface area (Å²) in [7, 11) is 0. The van der Waals surface area contributed by atoms with Gasteiger partial charge < -0.3 is 4.74 Å². The second-order valence-corrected chi connectivity index (χ2v) is 7.97. The zero-order chi connectivity index (χ0) is 15.8. The maximum Gasteiger partial charge on any atom is 0.192 e. The number of thiol groups is 1. The molecule has 4 rings (SSSR count). The highest BCUT2D eigenvalue weighted by Crippen LogP contribution is 2.42. The van der Waals surface area contributed by atoms with E-state index in [0.29, 0.717) is 18.7 Å². The number of ether oxygens (including phenoxy) is 1. The summed E-state index contributed by atoms with van der Waals surface area (Å²) < 4.78 is 10.6. The number of Topliss-reactive ketones (excluding diaryl/α,β-unsaturated/α-hetero) is 1. The monoisotopic (exact) mass is 394 g/mol. The van der Waals surface area contributed by atoms with E-state index in [4.69, 9.17) is 4.74 Å². The van der Waals surface area contributed by atoms with Gasteiger partial charge in [0.1, 0.15) is 10.7 Å². The Labute approximate surface area is 144 Å². The zero-order valence-corrected chi connectivity index (χ0v) is 14.7. The molecule has 0 N–H and O–H groups in total. The van der Waals surface area contributed by atoms with Crippen molar-refractivity contribution in [1.82, 2.24) is 14.0 Å². The van der Waals surface area contributed by atoms with Gasteiger partial charge in [-0.1, -0.05) is 41.4 Å². The van der Waals surface area contributed by atoms with E-state index < -0.39 is 17.2 Å².